The Bertz CT molecular complexity index is 468. The topological polar surface area (TPSA) is 9.23 Å². The number of rotatable bonds is 2. The fourth-order valence-corrected chi connectivity index (χ4v) is 4.08. The molecule has 2 aliphatic carbocycles. The first kappa shape index (κ1) is 13.2. The van der Waals surface area contributed by atoms with E-state index in [1.165, 1.54) is 31.4 Å². The Kier molecular flexibility index (Phi) is 3.46. The fourth-order valence-electron chi connectivity index (χ4n) is 3.56. The molecule has 1 aromatic carbocycles. The third-order valence-corrected chi connectivity index (χ3v) is 5.50. The number of ether oxygens (including phenoxy) is 1. The number of alkyl halides is 1. The van der Waals surface area contributed by atoms with Crippen molar-refractivity contribution in [2.75, 3.05) is 0 Å². The quantitative estimate of drug-likeness (QED) is 0.705. The summed E-state index contributed by atoms with van der Waals surface area (Å²) in [5.74, 6) is 0.443. The van der Waals surface area contributed by atoms with Crippen LogP contribution in [0.5, 0.6) is 5.75 Å². The standard InChI is InChI=1S/C16H20ClFO/c1-11-5-6-12(18)9-13(11)19-15-10-14(17)16(15)7-3-2-4-8-16/h5-6,9,14-15H,2-4,7-8,10H2,1H3. The zero-order chi connectivity index (χ0) is 13.5. The van der Waals surface area contributed by atoms with E-state index in [1.807, 2.05) is 6.92 Å². The van der Waals surface area contributed by atoms with E-state index in [2.05, 4.69) is 0 Å². The van der Waals surface area contributed by atoms with Gasteiger partial charge in [0.15, 0.2) is 0 Å². The van der Waals surface area contributed by atoms with E-state index in [0.717, 1.165) is 24.8 Å². The van der Waals surface area contributed by atoms with Crippen LogP contribution in [0.2, 0.25) is 0 Å². The fraction of sp³-hybridized carbons (Fsp3) is 0.625. The predicted molar refractivity (Wildman–Crippen MR) is 75.3 cm³/mol. The Morgan fingerprint density at radius 1 is 1.26 bits per heavy atom. The molecular weight excluding hydrogens is 263 g/mol. The van der Waals surface area contributed by atoms with Crippen molar-refractivity contribution in [1.82, 2.24) is 0 Å². The van der Waals surface area contributed by atoms with E-state index in [9.17, 15) is 4.39 Å². The van der Waals surface area contributed by atoms with Gasteiger partial charge in [0.1, 0.15) is 17.7 Å². The number of hydrogen-bond donors (Lipinski definition) is 0. The molecule has 0 radical (unpaired) electrons. The predicted octanol–water partition coefficient (Wildman–Crippen LogP) is 4.84. The summed E-state index contributed by atoms with van der Waals surface area (Å²) >= 11 is 6.46. The lowest BCUT2D eigenvalue weighted by Crippen LogP contribution is -2.58. The summed E-state index contributed by atoms with van der Waals surface area (Å²) in [7, 11) is 0. The van der Waals surface area contributed by atoms with Crippen molar-refractivity contribution >= 4 is 11.6 Å². The Morgan fingerprint density at radius 3 is 2.68 bits per heavy atom. The minimum Gasteiger partial charge on any atom is -0.489 e. The van der Waals surface area contributed by atoms with Crippen LogP contribution < -0.4 is 4.74 Å². The normalized spacial score (nSPS) is 29.0. The number of aryl methyl sites for hydroxylation is 1. The van der Waals surface area contributed by atoms with Crippen molar-refractivity contribution in [1.29, 1.82) is 0 Å². The molecule has 1 nitrogen and oxygen atoms in total. The Balaban J connectivity index is 1.78. The van der Waals surface area contributed by atoms with Crippen LogP contribution in [0.25, 0.3) is 0 Å². The lowest BCUT2D eigenvalue weighted by atomic mass is 9.58. The first-order valence-corrected chi connectivity index (χ1v) is 7.62. The summed E-state index contributed by atoms with van der Waals surface area (Å²) in [6, 6.07) is 4.74. The van der Waals surface area contributed by atoms with Gasteiger partial charge in [0, 0.05) is 23.3 Å². The van der Waals surface area contributed by atoms with Crippen LogP contribution in [0.4, 0.5) is 4.39 Å². The van der Waals surface area contributed by atoms with Crippen molar-refractivity contribution < 1.29 is 9.13 Å². The van der Waals surface area contributed by atoms with Gasteiger partial charge in [-0.15, -0.1) is 11.6 Å². The highest BCUT2D eigenvalue weighted by atomic mass is 35.5. The van der Waals surface area contributed by atoms with Crippen LogP contribution in [-0.2, 0) is 0 Å². The molecule has 1 spiro atoms. The summed E-state index contributed by atoms with van der Waals surface area (Å²) in [6.07, 6.45) is 7.14. The van der Waals surface area contributed by atoms with Crippen LogP contribution in [0.1, 0.15) is 44.1 Å². The van der Waals surface area contributed by atoms with Gasteiger partial charge in [0.2, 0.25) is 0 Å². The molecule has 0 N–H and O–H groups in total. The monoisotopic (exact) mass is 282 g/mol. The molecule has 3 rings (SSSR count). The maximum Gasteiger partial charge on any atom is 0.126 e. The molecule has 104 valence electrons. The second-order valence-corrected chi connectivity index (χ2v) is 6.54. The molecule has 2 saturated carbocycles. The highest BCUT2D eigenvalue weighted by molar-refractivity contribution is 6.21. The van der Waals surface area contributed by atoms with Gasteiger partial charge in [-0.2, -0.15) is 0 Å². The lowest BCUT2D eigenvalue weighted by molar-refractivity contribution is -0.0654. The summed E-state index contributed by atoms with van der Waals surface area (Å²) in [5.41, 5.74) is 1.13. The minimum absolute atomic E-state index is 0.137. The highest BCUT2D eigenvalue weighted by Gasteiger charge is 2.55. The van der Waals surface area contributed by atoms with Gasteiger partial charge in [0.05, 0.1) is 0 Å². The van der Waals surface area contributed by atoms with Crippen LogP contribution in [0.3, 0.4) is 0 Å². The largest absolute Gasteiger partial charge is 0.489 e. The molecule has 0 aromatic heterocycles. The third-order valence-electron chi connectivity index (χ3n) is 4.89. The molecular formula is C16H20ClFO. The lowest BCUT2D eigenvalue weighted by Gasteiger charge is -2.55. The summed E-state index contributed by atoms with van der Waals surface area (Å²) in [6.45, 7) is 1.96. The molecule has 0 saturated heterocycles. The van der Waals surface area contributed by atoms with Crippen molar-refractivity contribution in [2.24, 2.45) is 5.41 Å². The maximum absolute atomic E-state index is 13.3. The number of halogens is 2. The maximum atomic E-state index is 13.3. The average Bonchev–Trinajstić information content (AvgIpc) is 2.43. The van der Waals surface area contributed by atoms with Crippen LogP contribution >= 0.6 is 11.6 Å². The van der Waals surface area contributed by atoms with Crippen molar-refractivity contribution in [3.63, 3.8) is 0 Å². The second-order valence-electron chi connectivity index (χ2n) is 6.01. The summed E-state index contributed by atoms with van der Waals surface area (Å²) < 4.78 is 19.4. The van der Waals surface area contributed by atoms with E-state index in [1.54, 1.807) is 6.07 Å². The van der Waals surface area contributed by atoms with Crippen molar-refractivity contribution in [3.8, 4) is 5.75 Å². The van der Waals surface area contributed by atoms with Crippen LogP contribution in [-0.4, -0.2) is 11.5 Å². The molecule has 2 aliphatic rings. The van der Waals surface area contributed by atoms with E-state index in [0.29, 0.717) is 5.75 Å². The summed E-state index contributed by atoms with van der Waals surface area (Å²) in [4.78, 5) is 0. The van der Waals surface area contributed by atoms with Gasteiger partial charge in [-0.3, -0.25) is 0 Å². The number of benzene rings is 1. The first-order valence-electron chi connectivity index (χ1n) is 7.19. The van der Waals surface area contributed by atoms with E-state index in [4.69, 9.17) is 16.3 Å². The van der Waals surface area contributed by atoms with Crippen LogP contribution in [0, 0.1) is 18.2 Å². The van der Waals surface area contributed by atoms with Gasteiger partial charge in [-0.05, 0) is 31.4 Å². The molecule has 0 heterocycles. The molecule has 0 bridgehead atoms. The van der Waals surface area contributed by atoms with E-state index >= 15 is 0 Å². The van der Waals surface area contributed by atoms with Crippen molar-refractivity contribution in [3.05, 3.63) is 29.6 Å². The average molecular weight is 283 g/mol. The molecule has 2 unspecified atom stereocenters. The molecule has 1 aromatic rings. The van der Waals surface area contributed by atoms with Gasteiger partial charge < -0.3 is 4.74 Å². The Labute approximate surface area is 119 Å². The van der Waals surface area contributed by atoms with Crippen LogP contribution in [0.15, 0.2) is 18.2 Å². The zero-order valence-corrected chi connectivity index (χ0v) is 12.0. The molecule has 0 aliphatic heterocycles. The zero-order valence-electron chi connectivity index (χ0n) is 11.3. The molecule has 3 heteroatoms. The molecule has 0 amide bonds. The first-order chi connectivity index (χ1) is 9.12. The van der Waals surface area contributed by atoms with Gasteiger partial charge >= 0.3 is 0 Å². The van der Waals surface area contributed by atoms with Gasteiger partial charge in [-0.1, -0.05) is 25.3 Å². The number of hydrogen-bond acceptors (Lipinski definition) is 1. The summed E-state index contributed by atoms with van der Waals surface area (Å²) in [5, 5.41) is 0.228. The Hall–Kier alpha value is -0.760. The van der Waals surface area contributed by atoms with E-state index in [-0.39, 0.29) is 22.7 Å². The van der Waals surface area contributed by atoms with E-state index < -0.39 is 0 Å². The second kappa shape index (κ2) is 4.97. The third kappa shape index (κ3) is 2.24. The molecule has 2 atom stereocenters. The van der Waals surface area contributed by atoms with Crippen molar-refractivity contribution in [2.45, 2.75) is 56.9 Å². The molecule has 2 fully saturated rings. The Morgan fingerprint density at radius 2 is 2.00 bits per heavy atom. The smallest absolute Gasteiger partial charge is 0.126 e. The minimum atomic E-state index is -0.236. The highest BCUT2D eigenvalue weighted by Crippen LogP contribution is 2.55. The SMILES string of the molecule is Cc1ccc(F)cc1OC1CC(Cl)C12CCCCC2. The van der Waals surface area contributed by atoms with Gasteiger partial charge in [-0.25, -0.2) is 4.39 Å². The molecule has 19 heavy (non-hydrogen) atoms. The van der Waals surface area contributed by atoms with Gasteiger partial charge in [0.25, 0.3) is 0 Å².